The fourth-order valence-corrected chi connectivity index (χ4v) is 1.01. The summed E-state index contributed by atoms with van der Waals surface area (Å²) in [6.45, 7) is 4.92. The van der Waals surface area contributed by atoms with Gasteiger partial charge in [0, 0.05) is 12.2 Å². The van der Waals surface area contributed by atoms with Crippen LogP contribution >= 0.6 is 0 Å². The highest BCUT2D eigenvalue weighted by Crippen LogP contribution is 2.08. The van der Waals surface area contributed by atoms with E-state index in [1.165, 1.54) is 0 Å². The van der Waals surface area contributed by atoms with E-state index in [1.54, 1.807) is 0 Å². The van der Waals surface area contributed by atoms with Crippen LogP contribution in [0.25, 0.3) is 0 Å². The maximum atomic E-state index is 5.18. The molecule has 68 valence electrons. The molecule has 0 bridgehead atoms. The van der Waals surface area contributed by atoms with E-state index in [0.717, 1.165) is 12.1 Å². The van der Waals surface area contributed by atoms with Gasteiger partial charge in [0.15, 0.2) is 0 Å². The van der Waals surface area contributed by atoms with Gasteiger partial charge in [-0.05, 0) is 19.4 Å². The first-order valence-electron chi connectivity index (χ1n) is 4.25. The van der Waals surface area contributed by atoms with Gasteiger partial charge in [-0.25, -0.2) is 0 Å². The number of rotatable bonds is 4. The van der Waals surface area contributed by atoms with E-state index < -0.39 is 0 Å². The highest BCUT2D eigenvalue weighted by atomic mass is 15.3. The average molecular weight is 168 g/mol. The Morgan fingerprint density at radius 2 is 2.50 bits per heavy atom. The summed E-state index contributed by atoms with van der Waals surface area (Å²) in [6.07, 6.45) is 3.08. The Morgan fingerprint density at radius 3 is 3.08 bits per heavy atom. The largest absolute Gasteiger partial charge is 0.271 e. The van der Waals surface area contributed by atoms with Crippen LogP contribution in [0, 0.1) is 0 Å². The van der Waals surface area contributed by atoms with Crippen molar-refractivity contribution >= 4 is 0 Å². The smallest absolute Gasteiger partial charge is 0.0776 e. The Balaban J connectivity index is 2.63. The molecule has 0 radical (unpaired) electrons. The molecule has 0 saturated carbocycles. The Kier molecular flexibility index (Phi) is 3.25. The standard InChI is InChI=1S/C8H16N4/c1-3-7(2)12-5-4-8(11-12)6-10-9/h4-5,7,10H,3,6,9H2,1-2H3. The molecule has 0 amide bonds. The van der Waals surface area contributed by atoms with E-state index in [0.29, 0.717) is 12.6 Å². The van der Waals surface area contributed by atoms with Gasteiger partial charge in [0.25, 0.3) is 0 Å². The number of hydrazine groups is 1. The zero-order chi connectivity index (χ0) is 8.97. The first-order chi connectivity index (χ1) is 5.77. The molecule has 0 saturated heterocycles. The van der Waals surface area contributed by atoms with Crippen molar-refractivity contribution in [1.82, 2.24) is 15.2 Å². The molecule has 3 N–H and O–H groups in total. The lowest BCUT2D eigenvalue weighted by Crippen LogP contribution is -2.21. The summed E-state index contributed by atoms with van der Waals surface area (Å²) < 4.78 is 1.96. The zero-order valence-electron chi connectivity index (χ0n) is 7.62. The average Bonchev–Trinajstić information content (AvgIpc) is 2.52. The van der Waals surface area contributed by atoms with Gasteiger partial charge in [-0.15, -0.1) is 0 Å². The zero-order valence-corrected chi connectivity index (χ0v) is 7.62. The van der Waals surface area contributed by atoms with Crippen LogP contribution in [-0.2, 0) is 6.54 Å². The van der Waals surface area contributed by atoms with Crippen LogP contribution in [0.1, 0.15) is 32.0 Å². The van der Waals surface area contributed by atoms with Gasteiger partial charge in [-0.1, -0.05) is 6.92 Å². The molecule has 4 nitrogen and oxygen atoms in total. The maximum Gasteiger partial charge on any atom is 0.0776 e. The van der Waals surface area contributed by atoms with Crippen LogP contribution in [0.5, 0.6) is 0 Å². The lowest BCUT2D eigenvalue weighted by Gasteiger charge is -2.07. The highest BCUT2D eigenvalue weighted by molar-refractivity contribution is 4.98. The van der Waals surface area contributed by atoms with Crippen molar-refractivity contribution < 1.29 is 0 Å². The highest BCUT2D eigenvalue weighted by Gasteiger charge is 2.02. The molecule has 0 aliphatic carbocycles. The first kappa shape index (κ1) is 9.22. The van der Waals surface area contributed by atoms with Gasteiger partial charge >= 0.3 is 0 Å². The van der Waals surface area contributed by atoms with Gasteiger partial charge in [0.2, 0.25) is 0 Å². The number of nitrogens with two attached hydrogens (primary N) is 1. The molecule has 1 rings (SSSR count). The fourth-order valence-electron chi connectivity index (χ4n) is 1.01. The normalized spacial score (nSPS) is 13.2. The topological polar surface area (TPSA) is 55.9 Å². The maximum absolute atomic E-state index is 5.18. The van der Waals surface area contributed by atoms with Crippen LogP contribution in [0.2, 0.25) is 0 Å². The summed E-state index contributed by atoms with van der Waals surface area (Å²) in [5.41, 5.74) is 3.56. The third-order valence-electron chi connectivity index (χ3n) is 1.99. The quantitative estimate of drug-likeness (QED) is 0.517. The van der Waals surface area contributed by atoms with Crippen LogP contribution in [-0.4, -0.2) is 9.78 Å². The van der Waals surface area contributed by atoms with Crippen molar-refractivity contribution in [3.05, 3.63) is 18.0 Å². The minimum absolute atomic E-state index is 0.469. The van der Waals surface area contributed by atoms with Crippen molar-refractivity contribution in [2.45, 2.75) is 32.9 Å². The summed E-state index contributed by atoms with van der Waals surface area (Å²) in [4.78, 5) is 0. The van der Waals surface area contributed by atoms with Crippen LogP contribution in [0.3, 0.4) is 0 Å². The molecule has 1 atom stereocenters. The van der Waals surface area contributed by atoms with E-state index in [2.05, 4.69) is 24.4 Å². The van der Waals surface area contributed by atoms with E-state index >= 15 is 0 Å². The van der Waals surface area contributed by atoms with Gasteiger partial charge in [-0.3, -0.25) is 16.0 Å². The Bertz CT molecular complexity index is 231. The van der Waals surface area contributed by atoms with E-state index in [9.17, 15) is 0 Å². The monoisotopic (exact) mass is 168 g/mol. The van der Waals surface area contributed by atoms with E-state index in [-0.39, 0.29) is 0 Å². The molecule has 0 aliphatic rings. The second kappa shape index (κ2) is 4.23. The molecule has 0 fully saturated rings. The number of aromatic nitrogens is 2. The summed E-state index contributed by atoms with van der Waals surface area (Å²) in [6, 6.07) is 2.45. The van der Waals surface area contributed by atoms with Crippen molar-refractivity contribution in [2.24, 2.45) is 5.84 Å². The molecule has 1 aromatic heterocycles. The SMILES string of the molecule is CCC(C)n1ccc(CNN)n1. The Morgan fingerprint density at radius 1 is 1.75 bits per heavy atom. The molecule has 0 aliphatic heterocycles. The van der Waals surface area contributed by atoms with Crippen LogP contribution in [0.15, 0.2) is 12.3 Å². The molecular formula is C8H16N4. The van der Waals surface area contributed by atoms with Gasteiger partial charge in [-0.2, -0.15) is 5.10 Å². The molecule has 12 heavy (non-hydrogen) atoms. The lowest BCUT2D eigenvalue weighted by molar-refractivity contribution is 0.472. The lowest BCUT2D eigenvalue weighted by atomic mass is 10.3. The molecule has 1 aromatic rings. The van der Waals surface area contributed by atoms with Crippen LogP contribution in [0.4, 0.5) is 0 Å². The molecule has 4 heteroatoms. The predicted octanol–water partition coefficient (Wildman–Crippen LogP) is 0.817. The third-order valence-corrected chi connectivity index (χ3v) is 1.99. The summed E-state index contributed by atoms with van der Waals surface area (Å²) >= 11 is 0. The second-order valence-electron chi connectivity index (χ2n) is 2.93. The first-order valence-corrected chi connectivity index (χ1v) is 4.25. The number of nitrogens with zero attached hydrogens (tertiary/aromatic N) is 2. The van der Waals surface area contributed by atoms with E-state index in [4.69, 9.17) is 5.84 Å². The second-order valence-corrected chi connectivity index (χ2v) is 2.93. The molecule has 1 heterocycles. The predicted molar refractivity (Wildman–Crippen MR) is 48.3 cm³/mol. The number of hydrogen-bond acceptors (Lipinski definition) is 3. The summed E-state index contributed by atoms with van der Waals surface area (Å²) in [5.74, 6) is 5.18. The van der Waals surface area contributed by atoms with Crippen molar-refractivity contribution in [3.8, 4) is 0 Å². The third kappa shape index (κ3) is 2.06. The minimum atomic E-state index is 0.469. The van der Waals surface area contributed by atoms with Gasteiger partial charge < -0.3 is 0 Å². The van der Waals surface area contributed by atoms with E-state index in [1.807, 2.05) is 16.9 Å². The van der Waals surface area contributed by atoms with Crippen molar-refractivity contribution in [2.75, 3.05) is 0 Å². The van der Waals surface area contributed by atoms with Gasteiger partial charge in [0.05, 0.1) is 12.2 Å². The molecule has 0 aromatic carbocycles. The fraction of sp³-hybridized carbons (Fsp3) is 0.625. The van der Waals surface area contributed by atoms with Crippen molar-refractivity contribution in [1.29, 1.82) is 0 Å². The summed E-state index contributed by atoms with van der Waals surface area (Å²) in [5, 5.41) is 4.34. The number of nitrogens with one attached hydrogen (secondary N) is 1. The molecule has 1 unspecified atom stereocenters. The van der Waals surface area contributed by atoms with Crippen LogP contribution < -0.4 is 11.3 Å². The Hall–Kier alpha value is -0.870. The number of hydrogen-bond donors (Lipinski definition) is 2. The minimum Gasteiger partial charge on any atom is -0.271 e. The molecular weight excluding hydrogens is 152 g/mol. The summed E-state index contributed by atoms with van der Waals surface area (Å²) in [7, 11) is 0. The van der Waals surface area contributed by atoms with Gasteiger partial charge in [0.1, 0.15) is 0 Å². The Labute approximate surface area is 72.7 Å². The molecule has 0 spiro atoms. The van der Waals surface area contributed by atoms with Crippen molar-refractivity contribution in [3.63, 3.8) is 0 Å².